The van der Waals surface area contributed by atoms with Gasteiger partial charge in [0.05, 0.1) is 16.3 Å². The highest BCUT2D eigenvalue weighted by Crippen LogP contribution is 2.30. The van der Waals surface area contributed by atoms with E-state index in [0.29, 0.717) is 22.5 Å². The molecule has 21 heavy (non-hydrogen) atoms. The van der Waals surface area contributed by atoms with Gasteiger partial charge in [0.25, 0.3) is 0 Å². The predicted octanol–water partition coefficient (Wildman–Crippen LogP) is 4.07. The molecule has 0 spiro atoms. The first-order valence-corrected chi connectivity index (χ1v) is 7.14. The van der Waals surface area contributed by atoms with Crippen LogP contribution >= 0.6 is 11.8 Å². The Morgan fingerprint density at radius 2 is 1.90 bits per heavy atom. The summed E-state index contributed by atoms with van der Waals surface area (Å²) >= 11 is 1.25. The van der Waals surface area contributed by atoms with Crippen molar-refractivity contribution in [2.75, 3.05) is 0 Å². The van der Waals surface area contributed by atoms with Crippen LogP contribution in [-0.4, -0.2) is 15.1 Å². The first-order chi connectivity index (χ1) is 9.66. The molecule has 0 unspecified atom stereocenters. The summed E-state index contributed by atoms with van der Waals surface area (Å²) < 4.78 is 42.4. The zero-order valence-corrected chi connectivity index (χ0v) is 12.5. The van der Waals surface area contributed by atoms with Crippen LogP contribution in [0.5, 0.6) is 0 Å². The third-order valence-corrected chi connectivity index (χ3v) is 3.46. The van der Waals surface area contributed by atoms with Gasteiger partial charge in [-0.15, -0.1) is 0 Å². The minimum Gasteiger partial charge on any atom is -0.339 e. The van der Waals surface area contributed by atoms with Crippen molar-refractivity contribution in [1.82, 2.24) is 15.1 Å². The zero-order chi connectivity index (χ0) is 15.7. The molecule has 0 amide bonds. The maximum Gasteiger partial charge on any atom is 0.417 e. The summed E-state index contributed by atoms with van der Waals surface area (Å²) in [6, 6.07) is 2.34. The molecule has 0 aliphatic carbocycles. The SMILES string of the molecule is CC(C)(C)c1nc(CSc2ccc(C(F)(F)F)cn2)no1. The molecule has 114 valence electrons. The number of thioether (sulfide) groups is 1. The van der Waals surface area contributed by atoms with Crippen LogP contribution < -0.4 is 0 Å². The summed E-state index contributed by atoms with van der Waals surface area (Å²) in [5.41, 5.74) is -0.996. The Hall–Kier alpha value is -1.57. The van der Waals surface area contributed by atoms with Gasteiger partial charge in [0.15, 0.2) is 5.82 Å². The average Bonchev–Trinajstić information content (AvgIpc) is 2.84. The van der Waals surface area contributed by atoms with Crippen LogP contribution in [0.15, 0.2) is 27.9 Å². The molecule has 0 aliphatic rings. The van der Waals surface area contributed by atoms with Crippen molar-refractivity contribution in [3.05, 3.63) is 35.6 Å². The van der Waals surface area contributed by atoms with E-state index >= 15 is 0 Å². The molecule has 0 aliphatic heterocycles. The summed E-state index contributed by atoms with van der Waals surface area (Å²) in [5, 5.41) is 4.32. The normalized spacial score (nSPS) is 12.7. The van der Waals surface area contributed by atoms with E-state index in [1.807, 2.05) is 20.8 Å². The highest BCUT2D eigenvalue weighted by atomic mass is 32.2. The van der Waals surface area contributed by atoms with Gasteiger partial charge in [-0.05, 0) is 12.1 Å². The summed E-state index contributed by atoms with van der Waals surface area (Å²) in [4.78, 5) is 8.02. The van der Waals surface area contributed by atoms with Crippen LogP contribution in [0.25, 0.3) is 0 Å². The van der Waals surface area contributed by atoms with E-state index in [1.54, 1.807) is 0 Å². The third-order valence-electron chi connectivity index (χ3n) is 2.52. The van der Waals surface area contributed by atoms with E-state index in [1.165, 1.54) is 17.8 Å². The fraction of sp³-hybridized carbons (Fsp3) is 0.462. The number of aromatic nitrogens is 3. The van der Waals surface area contributed by atoms with Gasteiger partial charge in [0.2, 0.25) is 5.89 Å². The molecular weight excluding hydrogens is 303 g/mol. The standard InChI is InChI=1S/C13H14F3N3OS/c1-12(2,3)11-18-9(19-20-11)7-21-10-5-4-8(6-17-10)13(14,15)16/h4-6H,7H2,1-3H3. The van der Waals surface area contributed by atoms with Crippen molar-refractivity contribution in [2.24, 2.45) is 0 Å². The van der Waals surface area contributed by atoms with Gasteiger partial charge in [0.1, 0.15) is 0 Å². The van der Waals surface area contributed by atoms with Crippen LogP contribution in [0.4, 0.5) is 13.2 Å². The lowest BCUT2D eigenvalue weighted by atomic mass is 9.97. The van der Waals surface area contributed by atoms with Crippen LogP contribution in [0.2, 0.25) is 0 Å². The molecule has 0 atom stereocenters. The molecule has 4 nitrogen and oxygen atoms in total. The molecule has 8 heteroatoms. The topological polar surface area (TPSA) is 51.8 Å². The summed E-state index contributed by atoms with van der Waals surface area (Å²) in [5.74, 6) is 1.41. The Morgan fingerprint density at radius 3 is 2.38 bits per heavy atom. The fourth-order valence-electron chi connectivity index (χ4n) is 1.39. The molecule has 2 aromatic heterocycles. The van der Waals surface area contributed by atoms with Gasteiger partial charge in [-0.2, -0.15) is 18.2 Å². The number of hydrogen-bond donors (Lipinski definition) is 0. The van der Waals surface area contributed by atoms with Gasteiger partial charge >= 0.3 is 6.18 Å². The second-order valence-electron chi connectivity index (χ2n) is 5.44. The van der Waals surface area contributed by atoms with Crippen molar-refractivity contribution in [2.45, 2.75) is 43.1 Å². The monoisotopic (exact) mass is 317 g/mol. The van der Waals surface area contributed by atoms with Gasteiger partial charge in [-0.3, -0.25) is 0 Å². The van der Waals surface area contributed by atoms with Crippen molar-refractivity contribution in [3.63, 3.8) is 0 Å². The number of alkyl halides is 3. The maximum absolute atomic E-state index is 12.4. The highest BCUT2D eigenvalue weighted by Gasteiger charge is 2.30. The van der Waals surface area contributed by atoms with E-state index in [9.17, 15) is 13.2 Å². The molecular formula is C13H14F3N3OS. The summed E-state index contributed by atoms with van der Waals surface area (Å²) in [6.07, 6.45) is -3.55. The quantitative estimate of drug-likeness (QED) is 0.799. The Bertz CT molecular complexity index is 602. The van der Waals surface area contributed by atoms with Crippen LogP contribution in [0, 0.1) is 0 Å². The Labute approximate surface area is 124 Å². The number of hydrogen-bond acceptors (Lipinski definition) is 5. The van der Waals surface area contributed by atoms with Crippen molar-refractivity contribution in [3.8, 4) is 0 Å². The molecule has 0 N–H and O–H groups in total. The van der Waals surface area contributed by atoms with E-state index < -0.39 is 11.7 Å². The lowest BCUT2D eigenvalue weighted by Gasteiger charge is -2.10. The molecule has 0 bridgehead atoms. The van der Waals surface area contributed by atoms with Crippen molar-refractivity contribution >= 4 is 11.8 Å². The van der Waals surface area contributed by atoms with E-state index in [4.69, 9.17) is 4.52 Å². The number of rotatable bonds is 3. The fourth-order valence-corrected chi connectivity index (χ4v) is 2.07. The van der Waals surface area contributed by atoms with Gasteiger partial charge < -0.3 is 4.52 Å². The maximum atomic E-state index is 12.4. The van der Waals surface area contributed by atoms with Crippen LogP contribution in [-0.2, 0) is 17.3 Å². The van der Waals surface area contributed by atoms with Crippen molar-refractivity contribution in [1.29, 1.82) is 0 Å². The third kappa shape index (κ3) is 4.20. The highest BCUT2D eigenvalue weighted by molar-refractivity contribution is 7.98. The van der Waals surface area contributed by atoms with E-state index in [-0.39, 0.29) is 5.41 Å². The zero-order valence-electron chi connectivity index (χ0n) is 11.7. The molecule has 0 aromatic carbocycles. The molecule has 2 heterocycles. The number of nitrogens with zero attached hydrogens (tertiary/aromatic N) is 3. The van der Waals surface area contributed by atoms with Gasteiger partial charge in [-0.1, -0.05) is 37.7 Å². The van der Waals surface area contributed by atoms with Crippen molar-refractivity contribution < 1.29 is 17.7 Å². The molecule has 2 aromatic rings. The smallest absolute Gasteiger partial charge is 0.339 e. The largest absolute Gasteiger partial charge is 0.417 e. The van der Waals surface area contributed by atoms with Crippen LogP contribution in [0.3, 0.4) is 0 Å². The summed E-state index contributed by atoms with van der Waals surface area (Å²) in [7, 11) is 0. The van der Waals surface area contributed by atoms with Gasteiger partial charge in [-0.25, -0.2) is 4.98 Å². The van der Waals surface area contributed by atoms with Gasteiger partial charge in [0, 0.05) is 11.6 Å². The Kier molecular flexibility index (Phi) is 4.27. The average molecular weight is 317 g/mol. The second kappa shape index (κ2) is 5.67. The molecule has 0 radical (unpaired) electrons. The molecule has 0 fully saturated rings. The predicted molar refractivity (Wildman–Crippen MR) is 71.8 cm³/mol. The van der Waals surface area contributed by atoms with E-state index in [2.05, 4.69) is 15.1 Å². The Morgan fingerprint density at radius 1 is 1.19 bits per heavy atom. The second-order valence-corrected chi connectivity index (χ2v) is 6.43. The molecule has 0 saturated heterocycles. The molecule has 0 saturated carbocycles. The lowest BCUT2D eigenvalue weighted by molar-refractivity contribution is -0.137. The minimum atomic E-state index is -4.37. The first-order valence-electron chi connectivity index (χ1n) is 6.15. The Balaban J connectivity index is 1.99. The number of halogens is 3. The number of pyridine rings is 1. The lowest BCUT2D eigenvalue weighted by Crippen LogP contribution is -2.11. The first kappa shape index (κ1) is 15.8. The van der Waals surface area contributed by atoms with Crippen LogP contribution in [0.1, 0.15) is 38.0 Å². The minimum absolute atomic E-state index is 0.234. The summed E-state index contributed by atoms with van der Waals surface area (Å²) in [6.45, 7) is 5.86. The molecule has 2 rings (SSSR count). The van der Waals surface area contributed by atoms with E-state index in [0.717, 1.165) is 12.3 Å².